The zero-order chi connectivity index (χ0) is 18.5. The Morgan fingerprint density at radius 1 is 1.08 bits per heavy atom. The normalized spacial score (nSPS) is 21.1. The Labute approximate surface area is 142 Å². The van der Waals surface area contributed by atoms with Gasteiger partial charge >= 0.3 is 15.6 Å². The van der Waals surface area contributed by atoms with Gasteiger partial charge in [-0.05, 0) is 25.7 Å². The topological polar surface area (TPSA) is 103 Å². The molecule has 1 aliphatic carbocycles. The summed E-state index contributed by atoms with van der Waals surface area (Å²) in [6.07, 6.45) is 3.65. The molecule has 0 saturated heterocycles. The molecule has 1 aliphatic heterocycles. The van der Waals surface area contributed by atoms with Crippen LogP contribution >= 0.6 is 0 Å². The maximum atomic E-state index is 12.6. The van der Waals surface area contributed by atoms with Gasteiger partial charge in [0, 0.05) is 5.92 Å². The molecule has 0 spiro atoms. The van der Waals surface area contributed by atoms with Crippen LogP contribution < -0.4 is 4.18 Å². The van der Waals surface area contributed by atoms with Crippen molar-refractivity contribution in [3.05, 3.63) is 11.5 Å². The lowest BCUT2D eigenvalue weighted by molar-refractivity contribution is -0.0502. The van der Waals surface area contributed by atoms with Gasteiger partial charge < -0.3 is 4.18 Å². The molecule has 0 N–H and O–H groups in total. The van der Waals surface area contributed by atoms with Crippen molar-refractivity contribution in [3.8, 4) is 5.88 Å². The molecule has 0 radical (unpaired) electrons. The summed E-state index contributed by atoms with van der Waals surface area (Å²) in [5.41, 5.74) is -5.66. The van der Waals surface area contributed by atoms with Crippen LogP contribution in [0.25, 0.3) is 0 Å². The number of nitrogens with zero attached hydrogens (tertiary/aromatic N) is 2. The van der Waals surface area contributed by atoms with E-state index in [1.807, 2.05) is 0 Å². The maximum Gasteiger partial charge on any atom is 0.534 e. The van der Waals surface area contributed by atoms with Crippen molar-refractivity contribution in [2.75, 3.05) is 5.75 Å². The van der Waals surface area contributed by atoms with E-state index in [9.17, 15) is 30.0 Å². The van der Waals surface area contributed by atoms with Crippen molar-refractivity contribution < 1.29 is 34.2 Å². The molecule has 2 heterocycles. The standard InChI is InChI=1S/C13H15F3N2O5S2/c14-13(15,16)25(21,22)23-12-10-9(6-3-7-24(10,19)20)17-11(18-12)8-4-1-2-5-8/h8H,1-7H2. The summed E-state index contributed by atoms with van der Waals surface area (Å²) < 4.78 is 89.2. The van der Waals surface area contributed by atoms with Gasteiger partial charge in [-0.2, -0.15) is 26.6 Å². The summed E-state index contributed by atoms with van der Waals surface area (Å²) in [4.78, 5) is 7.32. The fraction of sp³-hybridized carbons (Fsp3) is 0.692. The van der Waals surface area contributed by atoms with Crippen molar-refractivity contribution in [3.63, 3.8) is 0 Å². The number of aryl methyl sites for hydroxylation is 1. The van der Waals surface area contributed by atoms with Gasteiger partial charge in [0.25, 0.3) is 5.88 Å². The lowest BCUT2D eigenvalue weighted by atomic mass is 10.1. The fourth-order valence-corrected chi connectivity index (χ4v) is 5.14. The van der Waals surface area contributed by atoms with Crippen LogP contribution in [0.4, 0.5) is 13.2 Å². The van der Waals surface area contributed by atoms with Crippen LogP contribution in [0.2, 0.25) is 0 Å². The van der Waals surface area contributed by atoms with Crippen LogP contribution in [-0.2, 0) is 26.4 Å². The molecular formula is C13H15F3N2O5S2. The summed E-state index contributed by atoms with van der Waals surface area (Å²) in [6, 6.07) is 0. The second-order valence-corrected chi connectivity index (χ2v) is 9.63. The van der Waals surface area contributed by atoms with E-state index in [0.717, 1.165) is 12.8 Å². The molecule has 1 aromatic heterocycles. The number of fused-ring (bicyclic) bond motifs is 1. The first-order chi connectivity index (χ1) is 11.5. The highest BCUT2D eigenvalue weighted by Gasteiger charge is 2.50. The summed E-state index contributed by atoms with van der Waals surface area (Å²) in [5.74, 6) is -1.37. The SMILES string of the molecule is O=S1(=O)CCCc2nc(C3CCCC3)nc(OS(=O)(=O)C(F)(F)F)c21. The molecule has 0 amide bonds. The van der Waals surface area contributed by atoms with Crippen LogP contribution in [0.5, 0.6) is 5.88 Å². The Bertz CT molecular complexity index is 891. The van der Waals surface area contributed by atoms with E-state index in [1.165, 1.54) is 0 Å². The number of aromatic nitrogens is 2. The van der Waals surface area contributed by atoms with E-state index in [-0.39, 0.29) is 36.0 Å². The lowest BCUT2D eigenvalue weighted by Crippen LogP contribution is -2.30. The molecule has 0 atom stereocenters. The maximum absolute atomic E-state index is 12.6. The smallest absolute Gasteiger partial charge is 0.354 e. The van der Waals surface area contributed by atoms with Crippen LogP contribution in [0.15, 0.2) is 4.90 Å². The molecule has 7 nitrogen and oxygen atoms in total. The van der Waals surface area contributed by atoms with Gasteiger partial charge in [-0.1, -0.05) is 12.8 Å². The zero-order valence-electron chi connectivity index (χ0n) is 12.9. The highest BCUT2D eigenvalue weighted by molar-refractivity contribution is 7.91. The summed E-state index contributed by atoms with van der Waals surface area (Å²) in [5, 5.41) is 0. The molecule has 0 unspecified atom stereocenters. The van der Waals surface area contributed by atoms with Crippen molar-refractivity contribution in [1.82, 2.24) is 9.97 Å². The Balaban J connectivity index is 2.16. The molecule has 0 bridgehead atoms. The third-order valence-corrected chi connectivity index (χ3v) is 7.05. The highest BCUT2D eigenvalue weighted by atomic mass is 32.2. The predicted octanol–water partition coefficient (Wildman–Crippen LogP) is 2.08. The van der Waals surface area contributed by atoms with Gasteiger partial charge in [0.1, 0.15) is 5.82 Å². The first kappa shape index (κ1) is 18.4. The quantitative estimate of drug-likeness (QED) is 0.565. The fourth-order valence-electron chi connectivity index (χ4n) is 3.08. The van der Waals surface area contributed by atoms with Gasteiger partial charge in [0.05, 0.1) is 11.4 Å². The number of halogens is 3. The number of hydrogen-bond donors (Lipinski definition) is 0. The third kappa shape index (κ3) is 3.46. The monoisotopic (exact) mass is 400 g/mol. The first-order valence-electron chi connectivity index (χ1n) is 7.65. The molecule has 2 aliphatic rings. The second kappa shape index (κ2) is 6.08. The first-order valence-corrected chi connectivity index (χ1v) is 10.7. The van der Waals surface area contributed by atoms with Crippen LogP contribution in [0, 0.1) is 0 Å². The van der Waals surface area contributed by atoms with E-state index >= 15 is 0 Å². The summed E-state index contributed by atoms with van der Waals surface area (Å²) in [6.45, 7) is 0. The van der Waals surface area contributed by atoms with Crippen molar-refractivity contribution in [1.29, 1.82) is 0 Å². The van der Waals surface area contributed by atoms with E-state index in [1.54, 1.807) is 0 Å². The molecular weight excluding hydrogens is 385 g/mol. The van der Waals surface area contributed by atoms with Crippen LogP contribution in [-0.4, -0.2) is 38.1 Å². The van der Waals surface area contributed by atoms with Crippen molar-refractivity contribution in [2.45, 2.75) is 54.8 Å². The lowest BCUT2D eigenvalue weighted by Gasteiger charge is -2.20. The Morgan fingerprint density at radius 2 is 1.72 bits per heavy atom. The predicted molar refractivity (Wildman–Crippen MR) is 79.2 cm³/mol. The van der Waals surface area contributed by atoms with Crippen LogP contribution in [0.1, 0.15) is 49.5 Å². The molecule has 1 saturated carbocycles. The van der Waals surface area contributed by atoms with Crippen molar-refractivity contribution >= 4 is 20.0 Å². The number of hydrogen-bond acceptors (Lipinski definition) is 7. The summed E-state index contributed by atoms with van der Waals surface area (Å²) >= 11 is 0. The molecule has 1 aromatic rings. The van der Waals surface area contributed by atoms with Crippen LogP contribution in [0.3, 0.4) is 0 Å². The van der Waals surface area contributed by atoms with Gasteiger partial charge in [0.2, 0.25) is 0 Å². The Kier molecular flexibility index (Phi) is 4.46. The number of sulfone groups is 1. The van der Waals surface area contributed by atoms with Gasteiger partial charge in [-0.15, -0.1) is 0 Å². The highest BCUT2D eigenvalue weighted by Crippen LogP contribution is 2.38. The molecule has 1 fully saturated rings. The molecule has 0 aromatic carbocycles. The van der Waals surface area contributed by atoms with E-state index < -0.39 is 36.2 Å². The Hall–Kier alpha value is -1.43. The third-order valence-electron chi connectivity index (χ3n) is 4.25. The van der Waals surface area contributed by atoms with E-state index in [0.29, 0.717) is 12.8 Å². The van der Waals surface area contributed by atoms with E-state index in [2.05, 4.69) is 14.2 Å². The van der Waals surface area contributed by atoms with Gasteiger partial charge in [-0.25, -0.2) is 13.4 Å². The average molecular weight is 400 g/mol. The largest absolute Gasteiger partial charge is 0.534 e. The minimum atomic E-state index is -6.03. The van der Waals surface area contributed by atoms with E-state index in [4.69, 9.17) is 0 Å². The second-order valence-electron chi connectivity index (χ2n) is 6.05. The molecule has 12 heteroatoms. The number of rotatable bonds is 3. The molecule has 140 valence electrons. The molecule has 25 heavy (non-hydrogen) atoms. The summed E-state index contributed by atoms with van der Waals surface area (Å²) in [7, 11) is -10.0. The molecule has 3 rings (SSSR count). The minimum Gasteiger partial charge on any atom is -0.354 e. The van der Waals surface area contributed by atoms with Gasteiger partial charge in [-0.3, -0.25) is 0 Å². The number of alkyl halides is 3. The average Bonchev–Trinajstić information content (AvgIpc) is 2.98. The van der Waals surface area contributed by atoms with Crippen molar-refractivity contribution in [2.24, 2.45) is 0 Å². The minimum absolute atomic E-state index is 0.0236. The Morgan fingerprint density at radius 3 is 2.32 bits per heavy atom. The van der Waals surface area contributed by atoms with Gasteiger partial charge in [0.15, 0.2) is 14.7 Å². The zero-order valence-corrected chi connectivity index (χ0v) is 14.5.